The zero-order valence-corrected chi connectivity index (χ0v) is 57.1. The van der Waals surface area contributed by atoms with Crippen LogP contribution >= 0.6 is 15.6 Å². The third-order valence-corrected chi connectivity index (χ3v) is 17.5. The van der Waals surface area contributed by atoms with Crippen molar-refractivity contribution in [3.8, 4) is 0 Å². The molecule has 17 nitrogen and oxygen atoms in total. The molecule has 0 fully saturated rings. The molecule has 0 aliphatic heterocycles. The van der Waals surface area contributed by atoms with Crippen LogP contribution in [0.1, 0.15) is 349 Å². The van der Waals surface area contributed by atoms with Crippen molar-refractivity contribution in [3.05, 3.63) is 0 Å². The second-order valence-electron chi connectivity index (χ2n) is 24.2. The van der Waals surface area contributed by atoms with Crippen LogP contribution in [-0.2, 0) is 65.4 Å². The molecule has 2 unspecified atom stereocenters. The van der Waals surface area contributed by atoms with Crippen molar-refractivity contribution >= 4 is 39.5 Å². The van der Waals surface area contributed by atoms with Crippen molar-refractivity contribution in [2.75, 3.05) is 39.6 Å². The molecule has 0 aromatic carbocycles. The molecule has 0 heterocycles. The van der Waals surface area contributed by atoms with E-state index in [0.29, 0.717) is 25.7 Å². The molecule has 0 aliphatic rings. The maximum atomic E-state index is 13.0. The number of phosphoric acid groups is 2. The number of hydrogen-bond acceptors (Lipinski definition) is 15. The Balaban J connectivity index is 5.18. The monoisotopic (exact) mass is 1270 g/mol. The summed E-state index contributed by atoms with van der Waals surface area (Å²) in [4.78, 5) is 72.2. The van der Waals surface area contributed by atoms with E-state index in [1.807, 2.05) is 0 Å². The second-order valence-corrected chi connectivity index (χ2v) is 27.1. The average Bonchev–Trinajstić information content (AvgIpc) is 3.58. The average molecular weight is 1270 g/mol. The van der Waals surface area contributed by atoms with Crippen LogP contribution in [0.5, 0.6) is 0 Å². The van der Waals surface area contributed by atoms with E-state index >= 15 is 0 Å². The Bertz CT molecular complexity index is 1650. The number of unbranched alkanes of at least 4 members (excludes halogenated alkanes) is 42. The summed E-state index contributed by atoms with van der Waals surface area (Å²) in [6, 6.07) is 0. The first-order chi connectivity index (χ1) is 41.7. The van der Waals surface area contributed by atoms with E-state index in [0.717, 1.165) is 103 Å². The lowest BCUT2D eigenvalue weighted by Gasteiger charge is -2.21. The van der Waals surface area contributed by atoms with Crippen LogP contribution in [0.4, 0.5) is 0 Å². The Labute approximate surface area is 524 Å². The Kier molecular flexibility index (Phi) is 60.5. The van der Waals surface area contributed by atoms with E-state index in [2.05, 4.69) is 27.7 Å². The summed E-state index contributed by atoms with van der Waals surface area (Å²) >= 11 is 0. The topological polar surface area (TPSA) is 237 Å². The molecule has 0 aromatic rings. The molecule has 0 aliphatic carbocycles. The molecule has 0 saturated carbocycles. The van der Waals surface area contributed by atoms with Crippen molar-refractivity contribution in [2.45, 2.75) is 367 Å². The number of ether oxygens (including phenoxy) is 4. The lowest BCUT2D eigenvalue weighted by atomic mass is 10.0. The largest absolute Gasteiger partial charge is 0.472 e. The summed E-state index contributed by atoms with van der Waals surface area (Å²) in [5.41, 5.74) is 0. The van der Waals surface area contributed by atoms with Crippen molar-refractivity contribution in [1.29, 1.82) is 0 Å². The standard InChI is InChI=1S/C67H130O17P2/c1-5-9-13-17-21-24-27-29-30-31-32-33-35-38-42-46-50-54-67(72)84-63(58-78-65(70)52-48-44-40-37-34-28-25-22-18-14-10-6-2)60-82-86(75,76)80-56-61(68)55-79-85(73,74)81-59-62(57-77-64(69)51-47-43-39-20-16-12-8-4)83-66(71)53-49-45-41-36-26-23-19-15-11-7-3/h61-63,68H,5-60H2,1-4H3,(H,73,74)(H,75,76)/t61-,62+,63+/m0/s1. The molecule has 0 aromatic heterocycles. The molecule has 19 heteroatoms. The van der Waals surface area contributed by atoms with Crippen molar-refractivity contribution < 1.29 is 80.2 Å². The van der Waals surface area contributed by atoms with E-state index in [4.69, 9.17) is 37.0 Å². The minimum atomic E-state index is -4.95. The van der Waals surface area contributed by atoms with Crippen LogP contribution in [-0.4, -0.2) is 96.7 Å². The van der Waals surface area contributed by atoms with Gasteiger partial charge in [0, 0.05) is 25.7 Å². The van der Waals surface area contributed by atoms with Gasteiger partial charge in [-0.15, -0.1) is 0 Å². The third-order valence-electron chi connectivity index (χ3n) is 15.6. The summed E-state index contributed by atoms with van der Waals surface area (Å²) in [7, 11) is -9.88. The highest BCUT2D eigenvalue weighted by molar-refractivity contribution is 7.47. The van der Waals surface area contributed by atoms with E-state index in [1.165, 1.54) is 167 Å². The maximum absolute atomic E-state index is 13.0. The summed E-state index contributed by atoms with van der Waals surface area (Å²) in [5.74, 6) is -2.13. The molecular formula is C67H130O17P2. The molecule has 5 atom stereocenters. The summed E-state index contributed by atoms with van der Waals surface area (Å²) in [6.07, 6.45) is 48.6. The van der Waals surface area contributed by atoms with Gasteiger partial charge in [0.2, 0.25) is 0 Å². The number of esters is 4. The molecule has 510 valence electrons. The first-order valence-corrected chi connectivity index (χ1v) is 38.3. The van der Waals surface area contributed by atoms with Gasteiger partial charge in [-0.1, -0.05) is 297 Å². The number of aliphatic hydroxyl groups is 1. The molecular weight excluding hydrogens is 1140 g/mol. The minimum absolute atomic E-state index is 0.106. The van der Waals surface area contributed by atoms with E-state index < -0.39 is 97.5 Å². The molecule has 0 rings (SSSR count). The molecule has 86 heavy (non-hydrogen) atoms. The normalized spacial score (nSPS) is 14.1. The van der Waals surface area contributed by atoms with E-state index in [1.54, 1.807) is 0 Å². The smallest absolute Gasteiger partial charge is 0.462 e. The number of aliphatic hydroxyl groups excluding tert-OH is 1. The van der Waals surface area contributed by atoms with Crippen LogP contribution < -0.4 is 0 Å². The van der Waals surface area contributed by atoms with Gasteiger partial charge in [0.1, 0.15) is 19.3 Å². The molecule has 0 amide bonds. The van der Waals surface area contributed by atoms with Gasteiger partial charge in [-0.25, -0.2) is 9.13 Å². The van der Waals surface area contributed by atoms with Crippen molar-refractivity contribution in [1.82, 2.24) is 0 Å². The van der Waals surface area contributed by atoms with Gasteiger partial charge in [-0.05, 0) is 25.7 Å². The highest BCUT2D eigenvalue weighted by Gasteiger charge is 2.30. The van der Waals surface area contributed by atoms with Gasteiger partial charge in [0.05, 0.1) is 26.4 Å². The number of carbonyl (C=O) groups excluding carboxylic acids is 4. The first kappa shape index (κ1) is 84.1. The molecule has 0 saturated heterocycles. The fourth-order valence-corrected chi connectivity index (χ4v) is 11.7. The fraction of sp³-hybridized carbons (Fsp3) is 0.940. The van der Waals surface area contributed by atoms with Gasteiger partial charge in [-0.2, -0.15) is 0 Å². The van der Waals surface area contributed by atoms with Crippen molar-refractivity contribution in [3.63, 3.8) is 0 Å². The Morgan fingerprint density at radius 3 is 0.686 bits per heavy atom. The predicted octanol–water partition coefficient (Wildman–Crippen LogP) is 19.1. The summed E-state index contributed by atoms with van der Waals surface area (Å²) in [6.45, 7) is 4.88. The zero-order chi connectivity index (χ0) is 63.3. The fourth-order valence-electron chi connectivity index (χ4n) is 10.2. The van der Waals surface area contributed by atoms with Crippen LogP contribution in [0, 0.1) is 0 Å². The second kappa shape index (κ2) is 61.9. The molecule has 0 radical (unpaired) electrons. The van der Waals surface area contributed by atoms with Gasteiger partial charge in [0.15, 0.2) is 12.2 Å². The Morgan fingerprint density at radius 2 is 0.465 bits per heavy atom. The third kappa shape index (κ3) is 60.9. The highest BCUT2D eigenvalue weighted by atomic mass is 31.2. The quantitative estimate of drug-likeness (QED) is 0.0222. The number of hydrogen-bond donors (Lipinski definition) is 3. The Hall–Kier alpha value is -1.94. The first-order valence-electron chi connectivity index (χ1n) is 35.3. The molecule has 3 N–H and O–H groups in total. The zero-order valence-electron chi connectivity index (χ0n) is 55.3. The SMILES string of the molecule is CCCCCCCCCCCCCCCCCCCC(=O)O[C@H](COC(=O)CCCCCCCCCCCCCC)COP(=O)(O)OC[C@@H](O)COP(=O)(O)OC[C@@H](COC(=O)CCCCCCCCC)OC(=O)CCCCCCCCCCCC. The van der Waals surface area contributed by atoms with Crippen LogP contribution in [0.25, 0.3) is 0 Å². The van der Waals surface area contributed by atoms with Crippen LogP contribution in [0.15, 0.2) is 0 Å². The lowest BCUT2D eigenvalue weighted by molar-refractivity contribution is -0.161. The number of carbonyl (C=O) groups is 4. The minimum Gasteiger partial charge on any atom is -0.462 e. The predicted molar refractivity (Wildman–Crippen MR) is 345 cm³/mol. The van der Waals surface area contributed by atoms with E-state index in [-0.39, 0.29) is 25.7 Å². The molecule has 0 bridgehead atoms. The van der Waals surface area contributed by atoms with Gasteiger partial charge in [-0.3, -0.25) is 37.3 Å². The van der Waals surface area contributed by atoms with Crippen molar-refractivity contribution in [2.24, 2.45) is 0 Å². The Morgan fingerprint density at radius 1 is 0.279 bits per heavy atom. The van der Waals surface area contributed by atoms with Crippen LogP contribution in [0.2, 0.25) is 0 Å². The summed E-state index contributed by atoms with van der Waals surface area (Å²) in [5, 5.41) is 10.5. The lowest BCUT2D eigenvalue weighted by Crippen LogP contribution is -2.30. The van der Waals surface area contributed by atoms with Gasteiger partial charge < -0.3 is 33.8 Å². The highest BCUT2D eigenvalue weighted by Crippen LogP contribution is 2.45. The van der Waals surface area contributed by atoms with Gasteiger partial charge >= 0.3 is 39.5 Å². The van der Waals surface area contributed by atoms with Crippen LogP contribution in [0.3, 0.4) is 0 Å². The maximum Gasteiger partial charge on any atom is 0.472 e. The molecule has 0 spiro atoms. The number of phosphoric ester groups is 2. The van der Waals surface area contributed by atoms with Gasteiger partial charge in [0.25, 0.3) is 0 Å². The number of rotatable bonds is 68. The summed E-state index contributed by atoms with van der Waals surface area (Å²) < 4.78 is 68.0. The van der Waals surface area contributed by atoms with E-state index in [9.17, 15) is 43.2 Å².